The Hall–Kier alpha value is -3.34. The molecule has 1 N–H and O–H groups in total. The molecule has 5 heterocycles. The molecular formula is C20H21N9O2S2. The molecule has 4 aromatic rings. The predicted octanol–water partition coefficient (Wildman–Crippen LogP) is 2.31. The molecule has 0 spiro atoms. The normalized spacial score (nSPS) is 15.9. The molecule has 1 saturated heterocycles. The third kappa shape index (κ3) is 3.75. The summed E-state index contributed by atoms with van der Waals surface area (Å²) < 4.78 is 30.2. The lowest BCUT2D eigenvalue weighted by molar-refractivity contribution is 0.0719. The van der Waals surface area contributed by atoms with Gasteiger partial charge in [0.05, 0.1) is 40.4 Å². The van der Waals surface area contributed by atoms with Crippen molar-refractivity contribution in [1.29, 1.82) is 5.26 Å². The van der Waals surface area contributed by atoms with Crippen molar-refractivity contribution in [3.05, 3.63) is 36.1 Å². The van der Waals surface area contributed by atoms with E-state index in [1.54, 1.807) is 22.5 Å². The van der Waals surface area contributed by atoms with Crippen LogP contribution >= 0.6 is 11.3 Å². The Bertz CT molecular complexity index is 1470. The summed E-state index contributed by atoms with van der Waals surface area (Å²) in [6.07, 6.45) is 5.52. The Morgan fingerprint density at radius 1 is 1.30 bits per heavy atom. The molecular weight excluding hydrogens is 462 g/mol. The van der Waals surface area contributed by atoms with Gasteiger partial charge in [-0.05, 0) is 18.4 Å². The first-order valence-electron chi connectivity index (χ1n) is 10.3. The SMILES string of the molecule is CCS(=O)(=O)N1CC(CC#N)(n2cc(-c3nc(Nc4ccn(C)n4)nc4ccsc34)cn2)C1. The summed E-state index contributed by atoms with van der Waals surface area (Å²) in [6, 6.07) is 5.94. The molecule has 11 nitrogen and oxygen atoms in total. The lowest BCUT2D eigenvalue weighted by Gasteiger charge is -2.47. The van der Waals surface area contributed by atoms with Crippen LogP contribution in [-0.4, -0.2) is 61.1 Å². The number of anilines is 2. The zero-order chi connectivity index (χ0) is 23.2. The van der Waals surface area contributed by atoms with Crippen LogP contribution in [0.25, 0.3) is 21.5 Å². The minimum absolute atomic E-state index is 0.0311. The van der Waals surface area contributed by atoms with Crippen LogP contribution < -0.4 is 5.32 Å². The van der Waals surface area contributed by atoms with Gasteiger partial charge in [-0.2, -0.15) is 19.8 Å². The molecule has 33 heavy (non-hydrogen) atoms. The Balaban J connectivity index is 1.50. The van der Waals surface area contributed by atoms with Gasteiger partial charge in [0.2, 0.25) is 16.0 Å². The minimum atomic E-state index is -3.31. The second-order valence-corrected chi connectivity index (χ2v) is 11.1. The quantitative estimate of drug-likeness (QED) is 0.423. The molecule has 0 unspecified atom stereocenters. The summed E-state index contributed by atoms with van der Waals surface area (Å²) >= 11 is 1.53. The van der Waals surface area contributed by atoms with Crippen molar-refractivity contribution in [3.63, 3.8) is 0 Å². The van der Waals surface area contributed by atoms with Crippen LogP contribution in [0.4, 0.5) is 11.8 Å². The van der Waals surface area contributed by atoms with Gasteiger partial charge >= 0.3 is 0 Å². The van der Waals surface area contributed by atoms with E-state index < -0.39 is 15.6 Å². The van der Waals surface area contributed by atoms with E-state index in [9.17, 15) is 13.7 Å². The molecule has 0 aromatic carbocycles. The molecule has 170 valence electrons. The van der Waals surface area contributed by atoms with E-state index in [4.69, 9.17) is 4.98 Å². The lowest BCUT2D eigenvalue weighted by Crippen LogP contribution is -2.64. The summed E-state index contributed by atoms with van der Waals surface area (Å²) in [6.45, 7) is 2.06. The third-order valence-electron chi connectivity index (χ3n) is 5.71. The molecule has 0 atom stereocenters. The number of hydrogen-bond donors (Lipinski definition) is 1. The maximum atomic E-state index is 12.2. The average molecular weight is 484 g/mol. The number of aryl methyl sites for hydroxylation is 1. The van der Waals surface area contributed by atoms with Gasteiger partial charge in [-0.15, -0.1) is 11.3 Å². The van der Waals surface area contributed by atoms with Crippen molar-refractivity contribution in [2.75, 3.05) is 24.2 Å². The fourth-order valence-electron chi connectivity index (χ4n) is 3.89. The summed E-state index contributed by atoms with van der Waals surface area (Å²) in [7, 11) is -1.48. The van der Waals surface area contributed by atoms with Gasteiger partial charge in [0.15, 0.2) is 5.82 Å². The van der Waals surface area contributed by atoms with Crippen LogP contribution in [0.15, 0.2) is 36.1 Å². The van der Waals surface area contributed by atoms with Crippen LogP contribution in [0.2, 0.25) is 0 Å². The summed E-state index contributed by atoms with van der Waals surface area (Å²) in [5.41, 5.74) is 1.59. The topological polar surface area (TPSA) is 135 Å². The van der Waals surface area contributed by atoms with E-state index in [-0.39, 0.29) is 25.3 Å². The van der Waals surface area contributed by atoms with Crippen molar-refractivity contribution in [2.24, 2.45) is 7.05 Å². The number of nitriles is 1. The predicted molar refractivity (Wildman–Crippen MR) is 124 cm³/mol. The van der Waals surface area contributed by atoms with Crippen LogP contribution in [0.3, 0.4) is 0 Å². The second kappa shape index (κ2) is 7.91. The molecule has 0 bridgehead atoms. The number of rotatable bonds is 7. The highest BCUT2D eigenvalue weighted by Gasteiger charge is 2.49. The lowest BCUT2D eigenvalue weighted by atomic mass is 9.89. The number of thiophene rings is 1. The van der Waals surface area contributed by atoms with E-state index in [0.717, 1.165) is 15.8 Å². The monoisotopic (exact) mass is 483 g/mol. The van der Waals surface area contributed by atoms with Crippen molar-refractivity contribution in [2.45, 2.75) is 18.9 Å². The van der Waals surface area contributed by atoms with E-state index in [1.807, 2.05) is 37.0 Å². The third-order valence-corrected chi connectivity index (χ3v) is 8.39. The van der Waals surface area contributed by atoms with Crippen LogP contribution in [-0.2, 0) is 22.6 Å². The number of aromatic nitrogens is 6. The molecule has 4 aromatic heterocycles. The van der Waals surface area contributed by atoms with Gasteiger partial charge in [0, 0.05) is 44.2 Å². The number of hydrogen-bond acceptors (Lipinski definition) is 9. The molecule has 0 aliphatic carbocycles. The summed E-state index contributed by atoms with van der Waals surface area (Å²) in [4.78, 5) is 9.29. The molecule has 13 heteroatoms. The highest BCUT2D eigenvalue weighted by Crippen LogP contribution is 2.37. The number of fused-ring (bicyclic) bond motifs is 1. The highest BCUT2D eigenvalue weighted by molar-refractivity contribution is 7.89. The van der Waals surface area contributed by atoms with Crippen molar-refractivity contribution in [1.82, 2.24) is 33.8 Å². The maximum Gasteiger partial charge on any atom is 0.229 e. The molecule has 0 saturated carbocycles. The van der Waals surface area contributed by atoms with E-state index in [0.29, 0.717) is 17.5 Å². The van der Waals surface area contributed by atoms with Gasteiger partial charge < -0.3 is 5.32 Å². The Morgan fingerprint density at radius 3 is 2.82 bits per heavy atom. The zero-order valence-corrected chi connectivity index (χ0v) is 19.6. The van der Waals surface area contributed by atoms with E-state index in [1.165, 1.54) is 15.6 Å². The highest BCUT2D eigenvalue weighted by atomic mass is 32.2. The van der Waals surface area contributed by atoms with Gasteiger partial charge in [-0.1, -0.05) is 0 Å². The second-order valence-electron chi connectivity index (χ2n) is 7.93. The smallest absolute Gasteiger partial charge is 0.229 e. The maximum absolute atomic E-state index is 12.2. The van der Waals surface area contributed by atoms with Gasteiger partial charge in [-0.3, -0.25) is 9.36 Å². The molecule has 5 rings (SSSR count). The molecule has 0 radical (unpaired) electrons. The molecule has 0 amide bonds. The Labute approximate surface area is 194 Å². The molecule has 1 fully saturated rings. The van der Waals surface area contributed by atoms with Crippen LogP contribution in [0.1, 0.15) is 13.3 Å². The first-order valence-corrected chi connectivity index (χ1v) is 12.7. The van der Waals surface area contributed by atoms with Crippen LogP contribution in [0, 0.1) is 11.3 Å². The molecule has 1 aliphatic rings. The zero-order valence-electron chi connectivity index (χ0n) is 18.0. The fraction of sp³-hybridized carbons (Fsp3) is 0.350. The number of sulfonamides is 1. The Kier molecular flexibility index (Phi) is 5.15. The summed E-state index contributed by atoms with van der Waals surface area (Å²) in [5.74, 6) is 1.08. The first kappa shape index (κ1) is 21.5. The van der Waals surface area contributed by atoms with Crippen molar-refractivity contribution >= 4 is 43.3 Å². The van der Waals surface area contributed by atoms with Gasteiger partial charge in [0.25, 0.3) is 0 Å². The fourth-order valence-corrected chi connectivity index (χ4v) is 5.97. The van der Waals surface area contributed by atoms with Crippen molar-refractivity contribution < 1.29 is 8.42 Å². The number of nitrogens with one attached hydrogen (secondary N) is 1. The van der Waals surface area contributed by atoms with E-state index >= 15 is 0 Å². The Morgan fingerprint density at radius 2 is 2.12 bits per heavy atom. The average Bonchev–Trinajstić information content (AvgIpc) is 3.51. The first-order chi connectivity index (χ1) is 15.8. The summed E-state index contributed by atoms with van der Waals surface area (Å²) in [5, 5.41) is 23.3. The van der Waals surface area contributed by atoms with E-state index in [2.05, 4.69) is 26.6 Å². The van der Waals surface area contributed by atoms with Crippen LogP contribution in [0.5, 0.6) is 0 Å². The van der Waals surface area contributed by atoms with Gasteiger partial charge in [-0.25, -0.2) is 18.4 Å². The largest absolute Gasteiger partial charge is 0.307 e. The van der Waals surface area contributed by atoms with Crippen molar-refractivity contribution in [3.8, 4) is 17.3 Å². The van der Waals surface area contributed by atoms with Gasteiger partial charge in [0.1, 0.15) is 5.54 Å². The standard InChI is InChI=1S/C20H21N9O2S2/c1-3-33(30,31)28-12-20(13-28,6-7-21)29-11-14(10-22-29)17-18-15(5-9-32-18)23-19(25-17)24-16-4-8-27(2)26-16/h4-5,8-11H,3,6,12-13H2,1-2H3,(H,23,24,25,26). The molecule has 1 aliphatic heterocycles. The minimum Gasteiger partial charge on any atom is -0.307 e. The number of nitrogens with zero attached hydrogens (tertiary/aromatic N) is 8.